The summed E-state index contributed by atoms with van der Waals surface area (Å²) in [7, 11) is 0. The summed E-state index contributed by atoms with van der Waals surface area (Å²) in [6.07, 6.45) is 4.29. The molecule has 0 aromatic rings. The minimum atomic E-state index is -0.384. The summed E-state index contributed by atoms with van der Waals surface area (Å²) >= 11 is 0. The first kappa shape index (κ1) is 31.5. The summed E-state index contributed by atoms with van der Waals surface area (Å²) in [5, 5.41) is 8.39. The number of nitrogens with two attached hydrogens (primary N) is 1. The first-order valence-electron chi connectivity index (χ1n) is 11.7. The van der Waals surface area contributed by atoms with Gasteiger partial charge in [-0.3, -0.25) is 14.4 Å². The van der Waals surface area contributed by atoms with Gasteiger partial charge in [-0.15, -0.1) is 0 Å². The van der Waals surface area contributed by atoms with Crippen molar-refractivity contribution in [3.63, 3.8) is 0 Å². The number of amides is 3. The van der Waals surface area contributed by atoms with Crippen molar-refractivity contribution in [1.29, 1.82) is 0 Å². The molecule has 0 aliphatic carbocycles. The fraction of sp³-hybridized carbons (Fsp3) is 0.870. The predicted octanol–water partition coefficient (Wildman–Crippen LogP) is 2.36. The number of carbonyl (C=O) groups excluding carboxylic acids is 3. The lowest BCUT2D eigenvalue weighted by Gasteiger charge is -2.25. The van der Waals surface area contributed by atoms with Crippen molar-refractivity contribution in [2.45, 2.75) is 80.1 Å². The number of hydrogen-bond donors (Lipinski definition) is 4. The molecule has 31 heavy (non-hydrogen) atoms. The minimum Gasteiger partial charge on any atom is -0.378 e. The second kappa shape index (κ2) is 20.2. The second-order valence-electron chi connectivity index (χ2n) is 8.69. The lowest BCUT2D eigenvalue weighted by molar-refractivity contribution is -0.130. The summed E-state index contributed by atoms with van der Waals surface area (Å²) in [6.45, 7) is 15.3. The smallest absolute Gasteiger partial charge is 0.225 e. The minimum absolute atomic E-state index is 0.0327. The van der Waals surface area contributed by atoms with E-state index in [4.69, 9.17) is 10.5 Å². The van der Waals surface area contributed by atoms with E-state index in [-0.39, 0.29) is 36.0 Å². The van der Waals surface area contributed by atoms with Crippen LogP contribution in [0.1, 0.15) is 80.1 Å². The van der Waals surface area contributed by atoms with Crippen LogP contribution in [0.5, 0.6) is 0 Å². The normalized spacial score (nSPS) is 10.8. The Morgan fingerprint density at radius 2 is 1.35 bits per heavy atom. The Kier molecular flexibility index (Phi) is 20.6. The van der Waals surface area contributed by atoms with E-state index in [0.717, 1.165) is 32.2 Å². The molecule has 0 aromatic carbocycles. The number of hydrogen-bond acceptors (Lipinski definition) is 5. The summed E-state index contributed by atoms with van der Waals surface area (Å²) in [5.41, 5.74) is 4.64. The molecule has 0 aliphatic rings. The van der Waals surface area contributed by atoms with Crippen LogP contribution in [0, 0.1) is 11.3 Å². The van der Waals surface area contributed by atoms with Crippen molar-refractivity contribution in [3.05, 3.63) is 0 Å². The molecule has 3 amide bonds. The number of ether oxygens (including phenoxy) is 1. The fourth-order valence-electron chi connectivity index (χ4n) is 2.76. The third-order valence-electron chi connectivity index (χ3n) is 4.35. The van der Waals surface area contributed by atoms with Gasteiger partial charge in [-0.25, -0.2) is 0 Å². The molecule has 0 radical (unpaired) electrons. The molecule has 0 heterocycles. The van der Waals surface area contributed by atoms with Crippen LogP contribution in [0.15, 0.2) is 0 Å². The molecule has 0 aliphatic heterocycles. The molecule has 0 unspecified atom stereocenters. The highest BCUT2D eigenvalue weighted by molar-refractivity contribution is 5.83. The Labute approximate surface area is 189 Å². The molecule has 0 spiro atoms. The zero-order valence-electron chi connectivity index (χ0n) is 20.8. The zero-order valence-corrected chi connectivity index (χ0v) is 20.8. The molecule has 184 valence electrons. The predicted molar refractivity (Wildman–Crippen MR) is 127 cm³/mol. The van der Waals surface area contributed by atoms with Gasteiger partial charge in [0.05, 0.1) is 13.2 Å². The zero-order chi connectivity index (χ0) is 24.1. The van der Waals surface area contributed by atoms with E-state index >= 15 is 0 Å². The largest absolute Gasteiger partial charge is 0.378 e. The molecular formula is C23H48N4O4. The van der Waals surface area contributed by atoms with Crippen molar-refractivity contribution in [1.82, 2.24) is 16.0 Å². The van der Waals surface area contributed by atoms with E-state index in [1.165, 1.54) is 0 Å². The van der Waals surface area contributed by atoms with Gasteiger partial charge >= 0.3 is 0 Å². The molecule has 0 saturated carbocycles. The van der Waals surface area contributed by atoms with Crippen LogP contribution in [0.2, 0.25) is 0 Å². The van der Waals surface area contributed by atoms with Gasteiger partial charge in [0.2, 0.25) is 17.7 Å². The van der Waals surface area contributed by atoms with E-state index in [1.54, 1.807) is 0 Å². The SMILES string of the molecule is CCCCNC(=O)CCC(=O)NCCOCCNC(=O)C(C)(C)CC(C)C.CCCN. The first-order chi connectivity index (χ1) is 14.6. The summed E-state index contributed by atoms with van der Waals surface area (Å²) < 4.78 is 5.41. The lowest BCUT2D eigenvalue weighted by Crippen LogP contribution is -2.39. The van der Waals surface area contributed by atoms with Crippen LogP contribution in [0.3, 0.4) is 0 Å². The molecule has 8 heteroatoms. The Morgan fingerprint density at radius 3 is 1.81 bits per heavy atom. The molecule has 0 aromatic heterocycles. The number of unbranched alkanes of at least 4 members (excludes halogenated alkanes) is 1. The van der Waals surface area contributed by atoms with Crippen molar-refractivity contribution < 1.29 is 19.1 Å². The average molecular weight is 445 g/mol. The van der Waals surface area contributed by atoms with Crippen LogP contribution >= 0.6 is 0 Å². The molecule has 5 N–H and O–H groups in total. The molecule has 0 rings (SSSR count). The van der Waals surface area contributed by atoms with Crippen LogP contribution < -0.4 is 21.7 Å². The highest BCUT2D eigenvalue weighted by atomic mass is 16.5. The van der Waals surface area contributed by atoms with E-state index in [0.29, 0.717) is 38.8 Å². The Morgan fingerprint density at radius 1 is 0.871 bits per heavy atom. The maximum Gasteiger partial charge on any atom is 0.225 e. The number of carbonyl (C=O) groups is 3. The third-order valence-corrected chi connectivity index (χ3v) is 4.35. The quantitative estimate of drug-likeness (QED) is 0.272. The van der Waals surface area contributed by atoms with Crippen LogP contribution in [-0.2, 0) is 19.1 Å². The monoisotopic (exact) mass is 444 g/mol. The van der Waals surface area contributed by atoms with Gasteiger partial charge in [-0.1, -0.05) is 48.0 Å². The van der Waals surface area contributed by atoms with E-state index in [9.17, 15) is 14.4 Å². The van der Waals surface area contributed by atoms with Crippen molar-refractivity contribution in [3.8, 4) is 0 Å². The van der Waals surface area contributed by atoms with Gasteiger partial charge in [0.15, 0.2) is 0 Å². The Balaban J connectivity index is 0. The van der Waals surface area contributed by atoms with E-state index in [1.807, 2.05) is 13.8 Å². The van der Waals surface area contributed by atoms with Gasteiger partial charge in [0, 0.05) is 37.9 Å². The van der Waals surface area contributed by atoms with Gasteiger partial charge < -0.3 is 26.4 Å². The Hall–Kier alpha value is -1.67. The maximum atomic E-state index is 12.1. The van der Waals surface area contributed by atoms with Crippen LogP contribution in [0.4, 0.5) is 0 Å². The Bertz CT molecular complexity index is 480. The highest BCUT2D eigenvalue weighted by Crippen LogP contribution is 2.25. The highest BCUT2D eigenvalue weighted by Gasteiger charge is 2.27. The van der Waals surface area contributed by atoms with E-state index < -0.39 is 0 Å². The maximum absolute atomic E-state index is 12.1. The van der Waals surface area contributed by atoms with Gasteiger partial charge in [-0.2, -0.15) is 0 Å². The first-order valence-corrected chi connectivity index (χ1v) is 11.7. The topological polar surface area (TPSA) is 123 Å². The third kappa shape index (κ3) is 21.4. The molecule has 0 fully saturated rings. The molecule has 0 atom stereocenters. The standard InChI is InChI=1S/C20H39N3O4.C3H9N/c1-6-7-10-21-17(24)8-9-18(25)22-11-13-27-14-12-23-19(26)20(4,5)15-16(2)3;1-2-3-4/h16H,6-15H2,1-5H3,(H,21,24)(H,22,25)(H,23,26);2-4H2,1H3. The van der Waals surface area contributed by atoms with Crippen molar-refractivity contribution >= 4 is 17.7 Å². The number of nitrogens with one attached hydrogen (secondary N) is 3. The molecule has 0 bridgehead atoms. The van der Waals surface area contributed by atoms with E-state index in [2.05, 4.69) is 43.6 Å². The van der Waals surface area contributed by atoms with Crippen molar-refractivity contribution in [2.24, 2.45) is 17.1 Å². The summed E-state index contributed by atoms with van der Waals surface area (Å²) in [5.74, 6) is 0.248. The van der Waals surface area contributed by atoms with Crippen molar-refractivity contribution in [2.75, 3.05) is 39.4 Å². The van der Waals surface area contributed by atoms with Gasteiger partial charge in [0.25, 0.3) is 0 Å². The molecule has 8 nitrogen and oxygen atoms in total. The lowest BCUT2D eigenvalue weighted by atomic mass is 9.83. The summed E-state index contributed by atoms with van der Waals surface area (Å²) in [6, 6.07) is 0. The van der Waals surface area contributed by atoms with Gasteiger partial charge in [0.1, 0.15) is 0 Å². The average Bonchev–Trinajstić information content (AvgIpc) is 2.70. The molecular weight excluding hydrogens is 396 g/mol. The van der Waals surface area contributed by atoms with Crippen LogP contribution in [0.25, 0.3) is 0 Å². The second-order valence-corrected chi connectivity index (χ2v) is 8.69. The van der Waals surface area contributed by atoms with Gasteiger partial charge in [-0.05, 0) is 31.7 Å². The number of rotatable bonds is 16. The molecule has 0 saturated heterocycles. The summed E-state index contributed by atoms with van der Waals surface area (Å²) in [4.78, 5) is 35.3. The van der Waals surface area contributed by atoms with Crippen LogP contribution in [-0.4, -0.2) is 57.1 Å². The fourth-order valence-corrected chi connectivity index (χ4v) is 2.76.